The van der Waals surface area contributed by atoms with Gasteiger partial charge < -0.3 is 5.32 Å². The fourth-order valence-corrected chi connectivity index (χ4v) is 1.92. The minimum Gasteiger partial charge on any atom is -0.380 e. The zero-order valence-electron chi connectivity index (χ0n) is 9.49. The first-order chi connectivity index (χ1) is 7.58. The van der Waals surface area contributed by atoms with Crippen LogP contribution >= 0.6 is 15.9 Å². The molecule has 4 heteroatoms. The highest BCUT2D eigenvalue weighted by Crippen LogP contribution is 2.25. The smallest absolute Gasteiger partial charge is 0.149 e. The maximum atomic E-state index is 13.4. The number of benzene rings is 1. The topological polar surface area (TPSA) is 12.0 Å². The summed E-state index contributed by atoms with van der Waals surface area (Å²) in [5, 5.41) is 3.09. The highest BCUT2D eigenvalue weighted by Gasteiger charge is 2.11. The summed E-state index contributed by atoms with van der Waals surface area (Å²) in [4.78, 5) is 0. The fraction of sp³-hybridized carbons (Fsp3) is 0.500. The van der Waals surface area contributed by atoms with E-state index in [4.69, 9.17) is 0 Å². The van der Waals surface area contributed by atoms with Gasteiger partial charge in [-0.3, -0.25) is 0 Å². The first-order valence-corrected chi connectivity index (χ1v) is 6.28. The predicted molar refractivity (Wildman–Crippen MR) is 66.7 cm³/mol. The van der Waals surface area contributed by atoms with Crippen LogP contribution in [-0.4, -0.2) is 6.04 Å². The second-order valence-electron chi connectivity index (χ2n) is 3.78. The lowest BCUT2D eigenvalue weighted by molar-refractivity contribution is 0.572. The van der Waals surface area contributed by atoms with E-state index in [9.17, 15) is 8.78 Å². The van der Waals surface area contributed by atoms with E-state index in [1.165, 1.54) is 6.07 Å². The van der Waals surface area contributed by atoms with Gasteiger partial charge in [0.2, 0.25) is 0 Å². The van der Waals surface area contributed by atoms with Crippen LogP contribution in [0.25, 0.3) is 0 Å². The highest BCUT2D eigenvalue weighted by atomic mass is 79.9. The van der Waals surface area contributed by atoms with Gasteiger partial charge in [-0.25, -0.2) is 8.78 Å². The molecule has 0 aliphatic heterocycles. The molecule has 0 amide bonds. The van der Waals surface area contributed by atoms with Gasteiger partial charge >= 0.3 is 0 Å². The third-order valence-corrected chi connectivity index (χ3v) is 3.11. The van der Waals surface area contributed by atoms with Gasteiger partial charge in [-0.1, -0.05) is 20.3 Å². The molecule has 1 N–H and O–H groups in total. The van der Waals surface area contributed by atoms with Crippen LogP contribution in [-0.2, 0) is 0 Å². The number of hydrogen-bond acceptors (Lipinski definition) is 1. The van der Waals surface area contributed by atoms with Crippen LogP contribution in [0.3, 0.4) is 0 Å². The van der Waals surface area contributed by atoms with Crippen molar-refractivity contribution in [2.45, 2.75) is 39.2 Å². The Morgan fingerprint density at radius 3 is 2.50 bits per heavy atom. The van der Waals surface area contributed by atoms with Crippen molar-refractivity contribution in [3.05, 3.63) is 28.2 Å². The Labute approximate surface area is 103 Å². The van der Waals surface area contributed by atoms with E-state index in [2.05, 4.69) is 28.2 Å². The van der Waals surface area contributed by atoms with Crippen molar-refractivity contribution >= 4 is 21.6 Å². The van der Waals surface area contributed by atoms with Gasteiger partial charge in [0.25, 0.3) is 0 Å². The van der Waals surface area contributed by atoms with Crippen molar-refractivity contribution in [3.8, 4) is 0 Å². The Balaban J connectivity index is 2.83. The van der Waals surface area contributed by atoms with Crippen molar-refractivity contribution in [1.82, 2.24) is 0 Å². The average molecular weight is 292 g/mol. The molecule has 1 atom stereocenters. The average Bonchev–Trinajstić information content (AvgIpc) is 2.25. The summed E-state index contributed by atoms with van der Waals surface area (Å²) in [5.41, 5.74) is 0.355. The van der Waals surface area contributed by atoms with Crippen molar-refractivity contribution in [1.29, 1.82) is 0 Å². The molecule has 1 unspecified atom stereocenters. The number of anilines is 1. The van der Waals surface area contributed by atoms with Crippen LogP contribution in [0.4, 0.5) is 14.5 Å². The van der Waals surface area contributed by atoms with Crippen LogP contribution in [0, 0.1) is 11.6 Å². The minimum absolute atomic E-state index is 0.233. The minimum atomic E-state index is -0.577. The largest absolute Gasteiger partial charge is 0.380 e. The molecule has 16 heavy (non-hydrogen) atoms. The maximum Gasteiger partial charge on any atom is 0.149 e. The predicted octanol–water partition coefficient (Wildman–Crippen LogP) is 4.72. The van der Waals surface area contributed by atoms with Gasteiger partial charge in [0.1, 0.15) is 11.6 Å². The fourth-order valence-electron chi connectivity index (χ4n) is 1.58. The van der Waals surface area contributed by atoms with E-state index >= 15 is 0 Å². The molecule has 1 aromatic carbocycles. The Bertz CT molecular complexity index is 355. The van der Waals surface area contributed by atoms with Gasteiger partial charge in [0.15, 0.2) is 0 Å². The van der Waals surface area contributed by atoms with Crippen LogP contribution in [0.1, 0.15) is 33.1 Å². The lowest BCUT2D eigenvalue weighted by Crippen LogP contribution is -2.18. The Kier molecular flexibility index (Phi) is 5.19. The van der Waals surface area contributed by atoms with E-state index in [1.807, 2.05) is 6.92 Å². The molecule has 0 saturated carbocycles. The van der Waals surface area contributed by atoms with E-state index in [-0.39, 0.29) is 10.5 Å². The highest BCUT2D eigenvalue weighted by molar-refractivity contribution is 9.10. The third kappa shape index (κ3) is 3.44. The standard InChI is InChI=1S/C12H16BrF2N/c1-3-5-8(4-2)16-12-6-9(13)10(14)7-11(12)15/h6-8,16H,3-5H2,1-2H3. The number of nitrogens with one attached hydrogen (secondary N) is 1. The maximum absolute atomic E-state index is 13.4. The zero-order chi connectivity index (χ0) is 12.1. The van der Waals surface area contributed by atoms with Gasteiger partial charge in [-0.15, -0.1) is 0 Å². The van der Waals surface area contributed by atoms with Crippen LogP contribution in [0.15, 0.2) is 16.6 Å². The van der Waals surface area contributed by atoms with E-state index in [1.54, 1.807) is 0 Å². The summed E-state index contributed by atoms with van der Waals surface area (Å²) in [7, 11) is 0. The number of hydrogen-bond donors (Lipinski definition) is 1. The van der Waals surface area contributed by atoms with Gasteiger partial charge in [-0.2, -0.15) is 0 Å². The van der Waals surface area contributed by atoms with Crippen LogP contribution in [0.2, 0.25) is 0 Å². The second-order valence-corrected chi connectivity index (χ2v) is 4.64. The van der Waals surface area contributed by atoms with Gasteiger partial charge in [-0.05, 0) is 34.8 Å². The molecular weight excluding hydrogens is 276 g/mol. The summed E-state index contributed by atoms with van der Waals surface area (Å²) in [6.45, 7) is 4.13. The third-order valence-electron chi connectivity index (χ3n) is 2.50. The Hall–Kier alpha value is -0.640. The first-order valence-electron chi connectivity index (χ1n) is 5.49. The normalized spacial score (nSPS) is 12.6. The van der Waals surface area contributed by atoms with Crippen molar-refractivity contribution in [2.24, 2.45) is 0 Å². The second kappa shape index (κ2) is 6.18. The number of rotatable bonds is 5. The Morgan fingerprint density at radius 1 is 1.25 bits per heavy atom. The molecule has 0 spiro atoms. The summed E-state index contributed by atoms with van der Waals surface area (Å²) in [5.74, 6) is -1.12. The molecule has 0 bridgehead atoms. The van der Waals surface area contributed by atoms with E-state index < -0.39 is 11.6 Å². The quantitative estimate of drug-likeness (QED) is 0.774. The van der Waals surface area contributed by atoms with Crippen LogP contribution in [0.5, 0.6) is 0 Å². The number of halogens is 3. The van der Waals surface area contributed by atoms with Crippen LogP contribution < -0.4 is 5.32 Å². The van der Waals surface area contributed by atoms with Crippen molar-refractivity contribution in [3.63, 3.8) is 0 Å². The molecule has 1 aromatic rings. The summed E-state index contributed by atoms with van der Waals surface area (Å²) >= 11 is 3.05. The molecule has 1 rings (SSSR count). The van der Waals surface area contributed by atoms with Crippen molar-refractivity contribution in [2.75, 3.05) is 5.32 Å². The zero-order valence-corrected chi connectivity index (χ0v) is 11.1. The van der Waals surface area contributed by atoms with Crippen molar-refractivity contribution < 1.29 is 8.78 Å². The molecule has 90 valence electrons. The molecule has 0 heterocycles. The SMILES string of the molecule is CCCC(CC)Nc1cc(Br)c(F)cc1F. The Morgan fingerprint density at radius 2 is 1.94 bits per heavy atom. The lowest BCUT2D eigenvalue weighted by Gasteiger charge is -2.18. The van der Waals surface area contributed by atoms with Gasteiger partial charge in [0, 0.05) is 12.1 Å². The molecule has 0 radical (unpaired) electrons. The molecule has 0 saturated heterocycles. The lowest BCUT2D eigenvalue weighted by atomic mass is 10.1. The summed E-state index contributed by atoms with van der Waals surface area (Å²) < 4.78 is 26.7. The molecule has 0 aliphatic carbocycles. The van der Waals surface area contributed by atoms with E-state index in [0.717, 1.165) is 25.3 Å². The molecule has 0 aromatic heterocycles. The molecule has 0 fully saturated rings. The molecule has 0 aliphatic rings. The summed E-state index contributed by atoms with van der Waals surface area (Å²) in [6, 6.07) is 2.57. The van der Waals surface area contributed by atoms with Gasteiger partial charge in [0.05, 0.1) is 10.2 Å². The van der Waals surface area contributed by atoms with E-state index in [0.29, 0.717) is 5.69 Å². The monoisotopic (exact) mass is 291 g/mol. The molecular formula is C12H16BrF2N. The first kappa shape index (κ1) is 13.4. The summed E-state index contributed by atoms with van der Waals surface area (Å²) in [6.07, 6.45) is 2.93. The molecule has 1 nitrogen and oxygen atoms in total.